The van der Waals surface area contributed by atoms with Gasteiger partial charge in [0.2, 0.25) is 59.1 Å². The number of nitrogens with zero attached hydrogens (tertiary/aromatic N) is 3. The zero-order valence-corrected chi connectivity index (χ0v) is 60.6. The minimum atomic E-state index is -1.79. The van der Waals surface area contributed by atoms with Crippen molar-refractivity contribution in [3.8, 4) is 5.75 Å². The van der Waals surface area contributed by atoms with Gasteiger partial charge in [-0.2, -0.15) is 0 Å². The number of aromatic hydroxyl groups is 1. The first-order valence-electron chi connectivity index (χ1n) is 35.7. The van der Waals surface area contributed by atoms with E-state index in [9.17, 15) is 48.6 Å². The summed E-state index contributed by atoms with van der Waals surface area (Å²) < 4.78 is 5.54. The van der Waals surface area contributed by atoms with Crippen molar-refractivity contribution in [2.45, 2.75) is 152 Å². The van der Waals surface area contributed by atoms with Gasteiger partial charge in [0.1, 0.15) is 60.1 Å². The molecule has 2 aliphatic heterocycles. The summed E-state index contributed by atoms with van der Waals surface area (Å²) in [5.41, 5.74) is 27.2. The number of ether oxygens (including phenoxy) is 1. The molecule has 10 atom stereocenters. The van der Waals surface area contributed by atoms with Crippen molar-refractivity contribution in [2.75, 3.05) is 46.0 Å². The number of fused-ring (bicyclic) bond motifs is 1. The number of rotatable bonds is 37. The molecule has 2 heterocycles. The molecule has 0 unspecified atom stereocenters. The second kappa shape index (κ2) is 40.1. The summed E-state index contributed by atoms with van der Waals surface area (Å²) >= 11 is 6.25. The van der Waals surface area contributed by atoms with Crippen LogP contribution in [-0.2, 0) is 91.3 Å². The third-order valence-corrected chi connectivity index (χ3v) is 18.8. The van der Waals surface area contributed by atoms with E-state index in [4.69, 9.17) is 39.3 Å². The first kappa shape index (κ1) is 81.2. The van der Waals surface area contributed by atoms with Gasteiger partial charge in [-0.15, -0.1) is 0 Å². The van der Waals surface area contributed by atoms with Crippen molar-refractivity contribution in [3.63, 3.8) is 0 Å². The lowest BCUT2D eigenvalue weighted by Gasteiger charge is -2.31. The van der Waals surface area contributed by atoms with E-state index in [-0.39, 0.29) is 88.5 Å². The number of aliphatic imine (C=N–C) groups is 1. The van der Waals surface area contributed by atoms with Gasteiger partial charge in [-0.05, 0) is 120 Å². The number of guanidine groups is 1. The molecule has 0 aliphatic carbocycles. The predicted molar refractivity (Wildman–Crippen MR) is 400 cm³/mol. The Bertz CT molecular complexity index is 4010. The van der Waals surface area contributed by atoms with E-state index in [0.717, 1.165) is 35.0 Å². The largest absolute Gasteiger partial charge is 0.508 e. The summed E-state index contributed by atoms with van der Waals surface area (Å²) in [6.07, 6.45) is 0.337. The predicted octanol–water partition coefficient (Wildman–Crippen LogP) is 1.34. The smallest absolute Gasteiger partial charge is 0.245 e. The first-order chi connectivity index (χ1) is 50.8. The summed E-state index contributed by atoms with van der Waals surface area (Å²) in [4.78, 5) is 151. The van der Waals surface area contributed by atoms with E-state index in [2.05, 4.69) is 52.4 Å². The number of primary amides is 1. The number of nitrogens with one attached hydrogen (secondary N) is 8. The molecule has 2 saturated heterocycles. The second-order valence-electron chi connectivity index (χ2n) is 27.3. The van der Waals surface area contributed by atoms with Gasteiger partial charge in [0.25, 0.3) is 0 Å². The molecule has 0 spiro atoms. The number of aliphatic hydroxyl groups is 1. The van der Waals surface area contributed by atoms with Crippen LogP contribution in [0.15, 0.2) is 151 Å². The molecule has 29 heteroatoms. The number of likely N-dealkylation sites (tertiary alicyclic amines) is 1. The molecule has 0 bridgehead atoms. The quantitative estimate of drug-likeness (QED) is 0.0149. The average Bonchev–Trinajstić information content (AvgIpc) is 1.50. The summed E-state index contributed by atoms with van der Waals surface area (Å²) in [5.74, 6) is -8.59. The van der Waals surface area contributed by atoms with Gasteiger partial charge in [0.05, 0.1) is 25.9 Å². The lowest BCUT2D eigenvalue weighted by atomic mass is 9.98. The molecule has 0 saturated carbocycles. The van der Waals surface area contributed by atoms with E-state index >= 15 is 9.59 Å². The van der Waals surface area contributed by atoms with Crippen molar-refractivity contribution in [3.05, 3.63) is 184 Å². The topological polar surface area (TPSA) is 440 Å². The number of nitrogens with two attached hydrogens (primary N) is 4. The third kappa shape index (κ3) is 24.8. The number of carbonyl (C=O) groups excluding carboxylic acids is 10. The van der Waals surface area contributed by atoms with Gasteiger partial charge < -0.3 is 85.3 Å². The Morgan fingerprint density at radius 2 is 1.01 bits per heavy atom. The van der Waals surface area contributed by atoms with E-state index in [0.29, 0.717) is 53.5 Å². The Hall–Kier alpha value is -10.5. The molecule has 28 nitrogen and oxygen atoms in total. The lowest BCUT2D eigenvalue weighted by molar-refractivity contribution is -0.142. The molecule has 18 N–H and O–H groups in total. The number of amides is 10. The molecule has 6 aromatic rings. The molecule has 8 rings (SSSR count). The standard InChI is InChI=1S/C77H98ClN15O13/c1-46(2)38-60(69(98)85-59(18-10-32-83-77(81)82)76(105)93-33-11-19-66(93)75(104)84-47(3)67(80)96)87-71(100)63(40-49-20-22-52(23-21-49)44-92-34-36-106-37-35-92)89-72(101)64(42-51-26-30-56(95)31-27-51)90-74(103)65(45-94)91-73(102)62(39-48-12-5-4-6-13-48)88-70(99)61(41-50-24-28-55(78)29-25-50)86-68(97)58(79)43-54-16-9-15-53-14-7-8-17-57(53)54/h4-9,12-17,20-31,46-47,58-66,94-95H,10-11,18-19,32-45,79H2,1-3H3,(H2,80,96)(H,84,104)(H,85,98)(H,86,97)(H,87,100)(H,88,99)(H,89,101)(H,90,103)(H,91,102)(H4,81,82,83)/t47-,58-,59+,60+,61-,62-,63-,64+,65+,66+/m1/s1. The van der Waals surface area contributed by atoms with Crippen LogP contribution >= 0.6 is 11.6 Å². The number of phenols is 1. The third-order valence-electron chi connectivity index (χ3n) is 18.5. The van der Waals surface area contributed by atoms with Gasteiger partial charge >= 0.3 is 0 Å². The Morgan fingerprint density at radius 3 is 1.57 bits per heavy atom. The number of phenolic OH excluding ortho intramolecular Hbond substituents is 1. The molecular formula is C77H98ClN15O13. The van der Waals surface area contributed by atoms with Crippen LogP contribution in [0.4, 0.5) is 0 Å². The number of hydrogen-bond donors (Lipinski definition) is 14. The molecule has 0 radical (unpaired) electrons. The second-order valence-corrected chi connectivity index (χ2v) is 27.7. The van der Waals surface area contributed by atoms with Crippen LogP contribution in [0.5, 0.6) is 5.75 Å². The van der Waals surface area contributed by atoms with Gasteiger partial charge in [-0.3, -0.25) is 57.8 Å². The average molecular weight is 1480 g/mol. The number of benzene rings is 6. The van der Waals surface area contributed by atoms with Gasteiger partial charge in [-0.1, -0.05) is 147 Å². The first-order valence-corrected chi connectivity index (χ1v) is 36.0. The van der Waals surface area contributed by atoms with E-state index in [1.54, 1.807) is 66.7 Å². The molecule has 6 aromatic carbocycles. The SMILES string of the molecule is CC(C)C[C@H](NC(=O)[C@@H](Cc1ccc(CN2CCOCC2)cc1)NC(=O)[C@H](Cc1ccc(O)cc1)NC(=O)[C@H](CO)NC(=O)[C@@H](Cc1ccccc1)NC(=O)[C@@H](Cc1ccc(Cl)cc1)NC(=O)[C@H](N)Cc1cccc2ccccc12)C(=O)N[C@@H](CCCN=C(N)N)C(=O)N1CCC[C@H]1C(=O)N[C@H](C)C(N)=O. The van der Waals surface area contributed by atoms with Crippen molar-refractivity contribution < 1.29 is 62.9 Å². The fourth-order valence-electron chi connectivity index (χ4n) is 12.7. The Labute approximate surface area is 621 Å². The van der Waals surface area contributed by atoms with Crippen LogP contribution in [-0.4, -0.2) is 191 Å². The molecule has 2 aliphatic rings. The molecule has 106 heavy (non-hydrogen) atoms. The van der Waals surface area contributed by atoms with Crippen molar-refractivity contribution in [2.24, 2.45) is 33.8 Å². The van der Waals surface area contributed by atoms with Crippen LogP contribution in [0.1, 0.15) is 86.3 Å². The Morgan fingerprint density at radius 1 is 0.538 bits per heavy atom. The highest BCUT2D eigenvalue weighted by molar-refractivity contribution is 6.30. The molecule has 2 fully saturated rings. The maximum absolute atomic E-state index is 15.2. The number of hydrogen-bond acceptors (Lipinski definition) is 16. The minimum Gasteiger partial charge on any atom is -0.508 e. The molecule has 566 valence electrons. The van der Waals surface area contributed by atoms with E-state index in [1.807, 2.05) is 68.4 Å². The Balaban J connectivity index is 1.05. The van der Waals surface area contributed by atoms with Crippen LogP contribution in [0.25, 0.3) is 10.8 Å². The number of morpholine rings is 1. The van der Waals surface area contributed by atoms with Crippen molar-refractivity contribution in [1.82, 2.24) is 52.3 Å². The van der Waals surface area contributed by atoms with Crippen LogP contribution in [0.2, 0.25) is 5.02 Å². The molecule has 10 amide bonds. The number of aliphatic hydroxyl groups excluding tert-OH is 1. The minimum absolute atomic E-state index is 0.0100. The summed E-state index contributed by atoms with van der Waals surface area (Å²) in [6, 6.07) is 28.3. The fraction of sp³-hybridized carbons (Fsp3) is 0.416. The molecule has 0 aromatic heterocycles. The Kier molecular flexibility index (Phi) is 30.7. The summed E-state index contributed by atoms with van der Waals surface area (Å²) in [6.45, 7) is 7.45. The van der Waals surface area contributed by atoms with Crippen LogP contribution < -0.4 is 65.5 Å². The summed E-state index contributed by atoms with van der Waals surface area (Å²) in [5, 5.41) is 45.4. The van der Waals surface area contributed by atoms with Gasteiger partial charge in [-0.25, -0.2) is 0 Å². The van der Waals surface area contributed by atoms with Crippen LogP contribution in [0, 0.1) is 5.92 Å². The molecular weight excluding hydrogens is 1380 g/mol. The zero-order valence-electron chi connectivity index (χ0n) is 59.8. The fourth-order valence-corrected chi connectivity index (χ4v) is 12.8. The van der Waals surface area contributed by atoms with E-state index in [1.165, 1.54) is 36.1 Å². The lowest BCUT2D eigenvalue weighted by Crippen LogP contribution is -2.61. The van der Waals surface area contributed by atoms with E-state index < -0.39 is 126 Å². The highest BCUT2D eigenvalue weighted by Gasteiger charge is 2.40. The monoisotopic (exact) mass is 1480 g/mol. The maximum atomic E-state index is 15.2. The highest BCUT2D eigenvalue weighted by Crippen LogP contribution is 2.24. The normalized spacial score (nSPS) is 16.3. The zero-order chi connectivity index (χ0) is 76.4. The number of halogens is 1. The van der Waals surface area contributed by atoms with Crippen molar-refractivity contribution >= 4 is 87.4 Å². The van der Waals surface area contributed by atoms with Crippen molar-refractivity contribution in [1.29, 1.82) is 0 Å². The summed E-state index contributed by atoms with van der Waals surface area (Å²) in [7, 11) is 0. The maximum Gasteiger partial charge on any atom is 0.245 e. The highest BCUT2D eigenvalue weighted by atomic mass is 35.5. The van der Waals surface area contributed by atoms with Crippen LogP contribution in [0.3, 0.4) is 0 Å². The number of carbonyl (C=O) groups is 10. The van der Waals surface area contributed by atoms with Gasteiger partial charge in [0, 0.05) is 63.4 Å². The van der Waals surface area contributed by atoms with Gasteiger partial charge in [0.15, 0.2) is 5.96 Å².